The fraction of sp³-hybridized carbons (Fsp3) is 0.462. The first kappa shape index (κ1) is 14.8. The summed E-state index contributed by atoms with van der Waals surface area (Å²) in [5.74, 6) is -1.14. The first-order valence-electron chi connectivity index (χ1n) is 6.40. The summed E-state index contributed by atoms with van der Waals surface area (Å²) in [6, 6.07) is 2.23. The molecular weight excluding hydrogens is 266 g/mol. The van der Waals surface area contributed by atoms with Crippen molar-refractivity contribution < 1.29 is 13.9 Å². The fourth-order valence-corrected chi connectivity index (χ4v) is 2.16. The second-order valence-electron chi connectivity index (χ2n) is 4.68. The van der Waals surface area contributed by atoms with Crippen LogP contribution in [0.5, 0.6) is 0 Å². The molecule has 1 aromatic carbocycles. The molecule has 0 atom stereocenters. The molecule has 0 spiro atoms. The molecule has 0 saturated carbocycles. The number of rotatable bonds is 6. The molecule has 0 radical (unpaired) electrons. The van der Waals surface area contributed by atoms with Gasteiger partial charge in [-0.05, 0) is 7.05 Å². The molecule has 5 nitrogen and oxygen atoms in total. The Morgan fingerprint density at radius 3 is 2.70 bits per heavy atom. The Morgan fingerprint density at radius 2 is 2.05 bits per heavy atom. The van der Waals surface area contributed by atoms with Gasteiger partial charge in [0.2, 0.25) is 0 Å². The Labute approximate surface area is 115 Å². The van der Waals surface area contributed by atoms with Gasteiger partial charge in [-0.3, -0.25) is 4.90 Å². The van der Waals surface area contributed by atoms with Gasteiger partial charge in [0.1, 0.15) is 5.82 Å². The number of aromatic nitrogens is 2. The zero-order chi connectivity index (χ0) is 14.7. The number of fused-ring (bicyclic) bond motifs is 1. The maximum Gasteiger partial charge on any atom is 0.161 e. The minimum atomic E-state index is -0.912. The van der Waals surface area contributed by atoms with Crippen molar-refractivity contribution in [2.75, 3.05) is 26.7 Å². The van der Waals surface area contributed by atoms with Crippen molar-refractivity contribution in [2.24, 2.45) is 5.73 Å². The second kappa shape index (κ2) is 6.25. The maximum atomic E-state index is 13.4. The van der Waals surface area contributed by atoms with Crippen LogP contribution in [0.2, 0.25) is 0 Å². The van der Waals surface area contributed by atoms with Crippen LogP contribution >= 0.6 is 0 Å². The molecule has 0 aliphatic heterocycles. The molecule has 0 fully saturated rings. The minimum Gasteiger partial charge on any atom is -0.395 e. The van der Waals surface area contributed by atoms with Gasteiger partial charge in [-0.2, -0.15) is 0 Å². The number of likely N-dealkylation sites (N-methyl/N-ethyl adjacent to an activating group) is 1. The van der Waals surface area contributed by atoms with Gasteiger partial charge in [0.05, 0.1) is 24.2 Å². The lowest BCUT2D eigenvalue weighted by molar-refractivity contribution is 0.213. The monoisotopic (exact) mass is 284 g/mol. The van der Waals surface area contributed by atoms with Gasteiger partial charge < -0.3 is 15.4 Å². The molecular formula is C13H18F2N4O. The second-order valence-corrected chi connectivity index (χ2v) is 4.68. The lowest BCUT2D eigenvalue weighted by Gasteiger charge is -2.15. The highest BCUT2D eigenvalue weighted by atomic mass is 19.2. The van der Waals surface area contributed by atoms with Crippen molar-refractivity contribution in [1.82, 2.24) is 14.5 Å². The van der Waals surface area contributed by atoms with Gasteiger partial charge in [0.25, 0.3) is 0 Å². The Morgan fingerprint density at radius 1 is 1.35 bits per heavy atom. The molecule has 0 amide bonds. The van der Waals surface area contributed by atoms with Crippen LogP contribution in [-0.2, 0) is 13.1 Å². The van der Waals surface area contributed by atoms with E-state index in [0.29, 0.717) is 43.0 Å². The summed E-state index contributed by atoms with van der Waals surface area (Å²) >= 11 is 0. The molecule has 0 unspecified atom stereocenters. The number of imidazole rings is 1. The number of aliphatic hydroxyl groups excluding tert-OH is 1. The van der Waals surface area contributed by atoms with Crippen molar-refractivity contribution in [3.63, 3.8) is 0 Å². The summed E-state index contributed by atoms with van der Waals surface area (Å²) in [5.41, 5.74) is 6.50. The van der Waals surface area contributed by atoms with Gasteiger partial charge in [-0.15, -0.1) is 0 Å². The summed E-state index contributed by atoms with van der Waals surface area (Å²) in [6.07, 6.45) is 0. The highest BCUT2D eigenvalue weighted by Crippen LogP contribution is 2.20. The van der Waals surface area contributed by atoms with Crippen LogP contribution in [0.1, 0.15) is 5.82 Å². The smallest absolute Gasteiger partial charge is 0.161 e. The molecule has 2 rings (SSSR count). The van der Waals surface area contributed by atoms with E-state index in [1.165, 1.54) is 0 Å². The Hall–Kier alpha value is -1.57. The molecule has 1 heterocycles. The third kappa shape index (κ3) is 2.95. The van der Waals surface area contributed by atoms with Crippen LogP contribution in [0.4, 0.5) is 8.78 Å². The summed E-state index contributed by atoms with van der Waals surface area (Å²) in [6.45, 7) is 1.86. The van der Waals surface area contributed by atoms with Gasteiger partial charge in [-0.1, -0.05) is 0 Å². The van der Waals surface area contributed by atoms with Crippen LogP contribution < -0.4 is 5.73 Å². The quantitative estimate of drug-likeness (QED) is 0.819. The van der Waals surface area contributed by atoms with Crippen LogP contribution in [0.15, 0.2) is 12.1 Å². The van der Waals surface area contributed by atoms with Gasteiger partial charge in [-0.25, -0.2) is 13.8 Å². The first-order chi connectivity index (χ1) is 9.56. The predicted molar refractivity (Wildman–Crippen MR) is 72.1 cm³/mol. The van der Waals surface area contributed by atoms with Gasteiger partial charge in [0, 0.05) is 31.8 Å². The van der Waals surface area contributed by atoms with Crippen molar-refractivity contribution in [1.29, 1.82) is 0 Å². The van der Waals surface area contributed by atoms with Crippen LogP contribution in [0.3, 0.4) is 0 Å². The number of aliphatic hydroxyl groups is 1. The average molecular weight is 284 g/mol. The zero-order valence-electron chi connectivity index (χ0n) is 11.3. The number of nitrogens with zero attached hydrogens (tertiary/aromatic N) is 3. The highest BCUT2D eigenvalue weighted by Gasteiger charge is 2.15. The van der Waals surface area contributed by atoms with Gasteiger partial charge >= 0.3 is 0 Å². The average Bonchev–Trinajstić information content (AvgIpc) is 2.69. The lowest BCUT2D eigenvalue weighted by Crippen LogP contribution is -2.24. The minimum absolute atomic E-state index is 0.0386. The van der Waals surface area contributed by atoms with Crippen LogP contribution in [0.25, 0.3) is 11.0 Å². The summed E-state index contributed by atoms with van der Waals surface area (Å²) in [4.78, 5) is 6.21. The van der Waals surface area contributed by atoms with E-state index < -0.39 is 11.6 Å². The van der Waals surface area contributed by atoms with E-state index >= 15 is 0 Å². The lowest BCUT2D eigenvalue weighted by atomic mass is 10.3. The molecule has 110 valence electrons. The van der Waals surface area contributed by atoms with Crippen molar-refractivity contribution in [3.8, 4) is 0 Å². The zero-order valence-corrected chi connectivity index (χ0v) is 11.3. The number of hydrogen-bond donors (Lipinski definition) is 2. The predicted octanol–water partition coefficient (Wildman–Crippen LogP) is 0.697. The number of nitrogens with two attached hydrogens (primary N) is 1. The number of halogens is 2. The molecule has 7 heteroatoms. The normalized spacial score (nSPS) is 11.7. The van der Waals surface area contributed by atoms with E-state index in [2.05, 4.69) is 4.98 Å². The molecule has 3 N–H and O–H groups in total. The molecule has 0 aliphatic rings. The first-order valence-corrected chi connectivity index (χ1v) is 6.40. The van der Waals surface area contributed by atoms with E-state index in [9.17, 15) is 8.78 Å². The fourth-order valence-electron chi connectivity index (χ4n) is 2.16. The van der Waals surface area contributed by atoms with E-state index in [0.717, 1.165) is 12.1 Å². The topological polar surface area (TPSA) is 67.3 Å². The van der Waals surface area contributed by atoms with E-state index in [1.54, 1.807) is 4.57 Å². The Kier molecular flexibility index (Phi) is 4.64. The largest absolute Gasteiger partial charge is 0.395 e. The molecule has 20 heavy (non-hydrogen) atoms. The van der Waals surface area contributed by atoms with Crippen LogP contribution in [-0.4, -0.2) is 46.3 Å². The number of hydrogen-bond acceptors (Lipinski definition) is 4. The van der Waals surface area contributed by atoms with Crippen molar-refractivity contribution in [2.45, 2.75) is 13.1 Å². The highest BCUT2D eigenvalue weighted by molar-refractivity contribution is 5.76. The Bertz CT molecular complexity index is 600. The summed E-state index contributed by atoms with van der Waals surface area (Å²) in [7, 11) is 1.84. The summed E-state index contributed by atoms with van der Waals surface area (Å²) in [5, 5.41) is 8.91. The third-order valence-corrected chi connectivity index (χ3v) is 3.12. The summed E-state index contributed by atoms with van der Waals surface area (Å²) < 4.78 is 28.4. The molecule has 1 aromatic heterocycles. The van der Waals surface area contributed by atoms with Gasteiger partial charge in [0.15, 0.2) is 11.6 Å². The molecule has 0 aliphatic carbocycles. The van der Waals surface area contributed by atoms with Crippen molar-refractivity contribution >= 4 is 11.0 Å². The SMILES string of the molecule is CN(CCO)Cc1nc2cc(F)c(F)cc2n1CCN. The van der Waals surface area contributed by atoms with E-state index in [4.69, 9.17) is 10.8 Å². The Balaban J connectivity index is 2.44. The molecule has 2 aromatic rings. The van der Waals surface area contributed by atoms with Crippen molar-refractivity contribution in [3.05, 3.63) is 29.6 Å². The third-order valence-electron chi connectivity index (χ3n) is 3.12. The standard InChI is InChI=1S/C13H18F2N4O/c1-18(4-5-20)8-13-17-11-6-9(14)10(15)7-12(11)19(13)3-2-16/h6-7,20H,2-5,8,16H2,1H3. The van der Waals surface area contributed by atoms with Crippen LogP contribution in [0, 0.1) is 11.6 Å². The number of benzene rings is 1. The maximum absolute atomic E-state index is 13.4. The molecule has 0 bridgehead atoms. The van der Waals surface area contributed by atoms with E-state index in [1.807, 2.05) is 11.9 Å². The molecule has 0 saturated heterocycles. The van der Waals surface area contributed by atoms with E-state index in [-0.39, 0.29) is 6.61 Å².